The van der Waals surface area contributed by atoms with Gasteiger partial charge in [0.1, 0.15) is 11.4 Å². The third-order valence-electron chi connectivity index (χ3n) is 3.63. The lowest BCUT2D eigenvalue weighted by molar-refractivity contribution is 0.424. The van der Waals surface area contributed by atoms with E-state index in [1.54, 1.807) is 23.5 Å². The topological polar surface area (TPSA) is 35.8 Å². The van der Waals surface area contributed by atoms with Crippen LogP contribution in [0.25, 0.3) is 0 Å². The van der Waals surface area contributed by atoms with Gasteiger partial charge in [-0.3, -0.25) is 5.32 Å². The third kappa shape index (κ3) is 2.16. The van der Waals surface area contributed by atoms with Gasteiger partial charge in [-0.15, -0.1) is 11.3 Å². The lowest BCUT2D eigenvalue weighted by Crippen LogP contribution is -2.38. The van der Waals surface area contributed by atoms with Crippen LogP contribution in [-0.2, 0) is 18.5 Å². The van der Waals surface area contributed by atoms with Crippen LogP contribution in [0, 0.1) is 17.1 Å². The summed E-state index contributed by atoms with van der Waals surface area (Å²) in [5, 5.41) is 14.9. The van der Waals surface area contributed by atoms with Gasteiger partial charge in [0.2, 0.25) is 0 Å². The standard InChI is InChI=1S/C15H13FN2S/c16-12-3-4-14-11(8-12)5-6-15(14,10-17)18-9-13-2-1-7-19-13/h1-4,7-8,18H,5-6,9H2. The Bertz CT molecular complexity index is 630. The maximum Gasteiger partial charge on any atom is 0.133 e. The summed E-state index contributed by atoms with van der Waals surface area (Å²) in [6.45, 7) is 0.669. The molecule has 2 aromatic rings. The molecule has 19 heavy (non-hydrogen) atoms. The van der Waals surface area contributed by atoms with E-state index in [1.165, 1.54) is 10.9 Å². The number of nitrogens with zero attached hydrogens (tertiary/aromatic N) is 1. The van der Waals surface area contributed by atoms with E-state index >= 15 is 0 Å². The van der Waals surface area contributed by atoms with E-state index in [4.69, 9.17) is 0 Å². The molecule has 96 valence electrons. The molecule has 1 unspecified atom stereocenters. The number of aryl methyl sites for hydroxylation is 1. The highest BCUT2D eigenvalue weighted by Crippen LogP contribution is 2.37. The fourth-order valence-corrected chi connectivity index (χ4v) is 3.28. The highest BCUT2D eigenvalue weighted by molar-refractivity contribution is 7.09. The molecule has 2 nitrogen and oxygen atoms in total. The second-order valence-electron chi connectivity index (χ2n) is 4.75. The van der Waals surface area contributed by atoms with Gasteiger partial charge in [-0.25, -0.2) is 4.39 Å². The van der Waals surface area contributed by atoms with Crippen LogP contribution in [0.5, 0.6) is 0 Å². The van der Waals surface area contributed by atoms with Crippen LogP contribution in [0.1, 0.15) is 22.4 Å². The summed E-state index contributed by atoms with van der Waals surface area (Å²) in [6, 6.07) is 11.1. The summed E-state index contributed by atoms with van der Waals surface area (Å²) >= 11 is 1.67. The maximum atomic E-state index is 13.2. The Morgan fingerprint density at radius 2 is 2.32 bits per heavy atom. The summed E-state index contributed by atoms with van der Waals surface area (Å²) in [5.41, 5.74) is 1.20. The largest absolute Gasteiger partial charge is 0.291 e. The molecule has 1 aromatic carbocycles. The van der Waals surface area contributed by atoms with Crippen molar-refractivity contribution in [1.29, 1.82) is 5.26 Å². The second-order valence-corrected chi connectivity index (χ2v) is 5.78. The van der Waals surface area contributed by atoms with Crippen LogP contribution in [-0.4, -0.2) is 0 Å². The quantitative estimate of drug-likeness (QED) is 0.930. The van der Waals surface area contributed by atoms with Crippen molar-refractivity contribution in [2.24, 2.45) is 0 Å². The Labute approximate surface area is 115 Å². The minimum Gasteiger partial charge on any atom is -0.291 e. The number of nitriles is 1. The number of hydrogen-bond acceptors (Lipinski definition) is 3. The van der Waals surface area contributed by atoms with Gasteiger partial charge in [-0.2, -0.15) is 5.26 Å². The molecule has 1 heterocycles. The summed E-state index contributed by atoms with van der Waals surface area (Å²) in [5.74, 6) is -0.231. The Hall–Kier alpha value is -1.70. The van der Waals surface area contributed by atoms with Crippen LogP contribution in [0.15, 0.2) is 35.7 Å². The number of nitrogens with one attached hydrogen (secondary N) is 1. The van der Waals surface area contributed by atoms with E-state index < -0.39 is 5.54 Å². The van der Waals surface area contributed by atoms with Crippen molar-refractivity contribution in [3.8, 4) is 6.07 Å². The van der Waals surface area contributed by atoms with Crippen LogP contribution < -0.4 is 5.32 Å². The molecule has 1 N–H and O–H groups in total. The molecule has 3 rings (SSSR count). The van der Waals surface area contributed by atoms with Crippen molar-refractivity contribution < 1.29 is 4.39 Å². The van der Waals surface area contributed by atoms with Crippen LogP contribution in [0.4, 0.5) is 4.39 Å². The van der Waals surface area contributed by atoms with E-state index in [-0.39, 0.29) is 5.82 Å². The van der Waals surface area contributed by atoms with E-state index in [0.29, 0.717) is 13.0 Å². The predicted molar refractivity (Wildman–Crippen MR) is 73.2 cm³/mol. The highest BCUT2D eigenvalue weighted by Gasteiger charge is 2.38. The molecule has 0 spiro atoms. The van der Waals surface area contributed by atoms with Gasteiger partial charge in [0, 0.05) is 11.4 Å². The Balaban J connectivity index is 1.88. The van der Waals surface area contributed by atoms with E-state index in [2.05, 4.69) is 11.4 Å². The zero-order valence-electron chi connectivity index (χ0n) is 10.3. The zero-order chi connectivity index (χ0) is 13.3. The Morgan fingerprint density at radius 3 is 3.05 bits per heavy atom. The first-order valence-electron chi connectivity index (χ1n) is 6.21. The van der Waals surface area contributed by atoms with Crippen LogP contribution >= 0.6 is 11.3 Å². The number of hydrogen-bond donors (Lipinski definition) is 1. The van der Waals surface area contributed by atoms with Gasteiger partial charge in [-0.1, -0.05) is 12.1 Å². The summed E-state index contributed by atoms with van der Waals surface area (Å²) in [4.78, 5) is 1.20. The van der Waals surface area contributed by atoms with Crippen molar-refractivity contribution in [3.05, 3.63) is 57.5 Å². The second kappa shape index (κ2) is 4.76. The van der Waals surface area contributed by atoms with Crippen molar-refractivity contribution in [2.45, 2.75) is 24.9 Å². The molecule has 0 radical (unpaired) electrons. The number of halogens is 1. The van der Waals surface area contributed by atoms with Gasteiger partial charge in [0.25, 0.3) is 0 Å². The van der Waals surface area contributed by atoms with Gasteiger partial charge >= 0.3 is 0 Å². The molecule has 0 fully saturated rings. The molecule has 0 saturated carbocycles. The first-order valence-corrected chi connectivity index (χ1v) is 7.09. The van der Waals surface area contributed by atoms with E-state index in [0.717, 1.165) is 17.5 Å². The summed E-state index contributed by atoms with van der Waals surface area (Å²) < 4.78 is 13.2. The van der Waals surface area contributed by atoms with Gasteiger partial charge in [-0.05, 0) is 47.5 Å². The lowest BCUT2D eigenvalue weighted by atomic mass is 9.93. The molecule has 1 atom stereocenters. The van der Waals surface area contributed by atoms with E-state index in [9.17, 15) is 9.65 Å². The predicted octanol–water partition coefficient (Wildman–Crippen LogP) is 3.34. The lowest BCUT2D eigenvalue weighted by Gasteiger charge is -2.23. The monoisotopic (exact) mass is 272 g/mol. The minimum atomic E-state index is -0.674. The average molecular weight is 272 g/mol. The smallest absolute Gasteiger partial charge is 0.133 e. The zero-order valence-corrected chi connectivity index (χ0v) is 11.1. The maximum absolute atomic E-state index is 13.2. The first kappa shape index (κ1) is 12.3. The van der Waals surface area contributed by atoms with Crippen molar-refractivity contribution >= 4 is 11.3 Å². The number of rotatable bonds is 3. The van der Waals surface area contributed by atoms with E-state index in [1.807, 2.05) is 17.5 Å². The highest BCUT2D eigenvalue weighted by atomic mass is 32.1. The summed E-state index contributed by atoms with van der Waals surface area (Å²) in [7, 11) is 0. The SMILES string of the molecule is N#CC1(NCc2cccs2)CCc2cc(F)ccc21. The molecule has 0 amide bonds. The van der Waals surface area contributed by atoms with Gasteiger partial charge in [0.15, 0.2) is 0 Å². The fraction of sp³-hybridized carbons (Fsp3) is 0.267. The molecule has 1 aliphatic carbocycles. The molecule has 0 aliphatic heterocycles. The normalized spacial score (nSPS) is 21.1. The Kier molecular flexibility index (Phi) is 3.09. The molecule has 1 aliphatic rings. The number of thiophene rings is 1. The van der Waals surface area contributed by atoms with Crippen molar-refractivity contribution in [1.82, 2.24) is 5.32 Å². The van der Waals surface area contributed by atoms with Crippen LogP contribution in [0.2, 0.25) is 0 Å². The average Bonchev–Trinajstić information content (AvgIpc) is 3.04. The molecule has 1 aromatic heterocycles. The number of fused-ring (bicyclic) bond motifs is 1. The van der Waals surface area contributed by atoms with Crippen molar-refractivity contribution in [3.63, 3.8) is 0 Å². The van der Waals surface area contributed by atoms with Gasteiger partial charge < -0.3 is 0 Å². The van der Waals surface area contributed by atoms with Crippen LogP contribution in [0.3, 0.4) is 0 Å². The summed E-state index contributed by atoms with van der Waals surface area (Å²) in [6.07, 6.45) is 1.45. The molecule has 4 heteroatoms. The first-order chi connectivity index (χ1) is 9.23. The molecule has 0 bridgehead atoms. The van der Waals surface area contributed by atoms with Crippen molar-refractivity contribution in [2.75, 3.05) is 0 Å². The minimum absolute atomic E-state index is 0.231. The third-order valence-corrected chi connectivity index (χ3v) is 4.51. The van der Waals surface area contributed by atoms with Gasteiger partial charge in [0.05, 0.1) is 6.07 Å². The Morgan fingerprint density at radius 1 is 1.42 bits per heavy atom. The fourth-order valence-electron chi connectivity index (χ4n) is 2.63. The number of benzene rings is 1. The molecular weight excluding hydrogens is 259 g/mol. The molecule has 0 saturated heterocycles. The molecular formula is C15H13FN2S.